The summed E-state index contributed by atoms with van der Waals surface area (Å²) in [5.41, 5.74) is 0. The summed E-state index contributed by atoms with van der Waals surface area (Å²) in [7, 11) is 0. The van der Waals surface area contributed by atoms with Crippen molar-refractivity contribution in [3.05, 3.63) is 12.3 Å². The highest BCUT2D eigenvalue weighted by Gasteiger charge is 2.39. The zero-order chi connectivity index (χ0) is 6.74. The first-order valence-electron chi connectivity index (χ1n) is 3.13. The molecule has 0 N–H and O–H groups in total. The second kappa shape index (κ2) is 2.65. The van der Waals surface area contributed by atoms with Crippen LogP contribution in [-0.2, 0) is 4.74 Å². The van der Waals surface area contributed by atoms with E-state index in [1.807, 2.05) is 24.8 Å². The fraction of sp³-hybridized carbons (Fsp3) is 0.714. The lowest BCUT2D eigenvalue weighted by molar-refractivity contribution is 0.236. The molecule has 0 aromatic carbocycles. The summed E-state index contributed by atoms with van der Waals surface area (Å²) in [5.74, 6) is 1.25. The van der Waals surface area contributed by atoms with Crippen LogP contribution in [0.1, 0.15) is 13.8 Å². The molecule has 0 spiro atoms. The van der Waals surface area contributed by atoms with Crippen LogP contribution in [0.25, 0.3) is 0 Å². The minimum Gasteiger partial charge on any atom is -0.500 e. The lowest BCUT2D eigenvalue weighted by Gasteiger charge is -2.03. The van der Waals surface area contributed by atoms with E-state index in [0.29, 0.717) is 4.75 Å². The van der Waals surface area contributed by atoms with Gasteiger partial charge < -0.3 is 4.74 Å². The van der Waals surface area contributed by atoms with E-state index >= 15 is 0 Å². The second-order valence-electron chi connectivity index (χ2n) is 2.52. The van der Waals surface area contributed by atoms with E-state index in [4.69, 9.17) is 4.74 Å². The van der Waals surface area contributed by atoms with Crippen molar-refractivity contribution in [1.82, 2.24) is 0 Å². The van der Waals surface area contributed by atoms with E-state index in [1.165, 1.54) is 5.75 Å². The zero-order valence-corrected chi connectivity index (χ0v) is 6.70. The molecule has 1 nitrogen and oxygen atoms in total. The molecular formula is C7H12OS. The van der Waals surface area contributed by atoms with Gasteiger partial charge in [0.2, 0.25) is 0 Å². The minimum atomic E-state index is 0.444. The average Bonchev–Trinajstić information content (AvgIpc) is 2.50. The Kier molecular flexibility index (Phi) is 2.06. The van der Waals surface area contributed by atoms with E-state index in [2.05, 4.69) is 6.92 Å². The molecular weight excluding hydrogens is 132 g/mol. The maximum absolute atomic E-state index is 5.21. The summed E-state index contributed by atoms with van der Waals surface area (Å²) in [5, 5.41) is 0. The van der Waals surface area contributed by atoms with Gasteiger partial charge in [-0.2, -0.15) is 0 Å². The topological polar surface area (TPSA) is 9.23 Å². The lowest BCUT2D eigenvalue weighted by atomic mass is 10.2. The van der Waals surface area contributed by atoms with Crippen LogP contribution in [0.4, 0.5) is 0 Å². The Labute approximate surface area is 60.5 Å². The van der Waals surface area contributed by atoms with E-state index in [1.54, 1.807) is 6.26 Å². The van der Waals surface area contributed by atoms with Gasteiger partial charge in [0.25, 0.3) is 0 Å². The Balaban J connectivity index is 2.05. The van der Waals surface area contributed by atoms with Crippen LogP contribution >= 0.6 is 11.8 Å². The van der Waals surface area contributed by atoms with Crippen molar-refractivity contribution in [2.45, 2.75) is 18.6 Å². The molecule has 0 amide bonds. The van der Waals surface area contributed by atoms with Crippen molar-refractivity contribution in [1.29, 1.82) is 0 Å². The fourth-order valence-electron chi connectivity index (χ4n) is 0.527. The minimum absolute atomic E-state index is 0.444. The Morgan fingerprint density at radius 2 is 2.44 bits per heavy atom. The number of hydrogen-bond donors (Lipinski definition) is 0. The first-order chi connectivity index (χ1) is 4.27. The van der Waals surface area contributed by atoms with Gasteiger partial charge in [0, 0.05) is 5.75 Å². The van der Waals surface area contributed by atoms with Gasteiger partial charge in [0.15, 0.2) is 0 Å². The Morgan fingerprint density at radius 1 is 1.78 bits per heavy atom. The summed E-state index contributed by atoms with van der Waals surface area (Å²) in [6, 6.07) is 0. The van der Waals surface area contributed by atoms with Gasteiger partial charge in [-0.1, -0.05) is 6.08 Å². The molecule has 2 heteroatoms. The van der Waals surface area contributed by atoms with Gasteiger partial charge >= 0.3 is 0 Å². The van der Waals surface area contributed by atoms with Crippen molar-refractivity contribution in [3.8, 4) is 0 Å². The number of allylic oxidation sites excluding steroid dienone is 1. The first-order valence-corrected chi connectivity index (χ1v) is 4.12. The van der Waals surface area contributed by atoms with Gasteiger partial charge in [-0.25, -0.2) is 0 Å². The second-order valence-corrected chi connectivity index (χ2v) is 4.08. The highest BCUT2D eigenvalue weighted by Crippen LogP contribution is 2.43. The SMILES string of the molecule is C/C=C/OCC1(C)CS1. The Bertz CT molecular complexity index is 116. The largest absolute Gasteiger partial charge is 0.500 e. The summed E-state index contributed by atoms with van der Waals surface area (Å²) < 4.78 is 5.65. The molecule has 0 saturated carbocycles. The van der Waals surface area contributed by atoms with Crippen LogP contribution in [0.5, 0.6) is 0 Å². The predicted octanol–water partition coefficient (Wildman–Crippen LogP) is 2.04. The number of rotatable bonds is 3. The number of thioether (sulfide) groups is 1. The average molecular weight is 144 g/mol. The molecule has 0 aromatic heterocycles. The standard InChI is InChI=1S/C7H12OS/c1-3-4-8-5-7(2)6-9-7/h3-4H,5-6H2,1-2H3/b4-3+. The first kappa shape index (κ1) is 7.00. The summed E-state index contributed by atoms with van der Waals surface area (Å²) in [6.45, 7) is 5.05. The van der Waals surface area contributed by atoms with E-state index in [0.717, 1.165) is 6.61 Å². The van der Waals surface area contributed by atoms with Crippen LogP contribution < -0.4 is 0 Å². The van der Waals surface area contributed by atoms with Crippen molar-refractivity contribution in [2.75, 3.05) is 12.4 Å². The van der Waals surface area contributed by atoms with Crippen LogP contribution in [0.3, 0.4) is 0 Å². The Morgan fingerprint density at radius 3 is 2.89 bits per heavy atom. The van der Waals surface area contributed by atoms with Gasteiger partial charge in [-0.05, 0) is 13.8 Å². The van der Waals surface area contributed by atoms with Gasteiger partial charge in [-0.3, -0.25) is 0 Å². The number of ether oxygens (including phenoxy) is 1. The predicted molar refractivity (Wildman–Crippen MR) is 41.6 cm³/mol. The van der Waals surface area contributed by atoms with E-state index in [-0.39, 0.29) is 0 Å². The van der Waals surface area contributed by atoms with Gasteiger partial charge in [0.05, 0.1) is 11.0 Å². The molecule has 1 unspecified atom stereocenters. The third-order valence-electron chi connectivity index (χ3n) is 1.26. The quantitative estimate of drug-likeness (QED) is 0.443. The molecule has 1 fully saturated rings. The molecule has 0 bridgehead atoms. The van der Waals surface area contributed by atoms with E-state index < -0.39 is 0 Å². The summed E-state index contributed by atoms with van der Waals surface area (Å²) >= 11 is 1.96. The highest BCUT2D eigenvalue weighted by atomic mass is 32.2. The molecule has 1 heterocycles. The van der Waals surface area contributed by atoms with Crippen molar-refractivity contribution < 1.29 is 4.74 Å². The van der Waals surface area contributed by atoms with E-state index in [9.17, 15) is 0 Å². The molecule has 1 aliphatic rings. The molecule has 1 saturated heterocycles. The maximum Gasteiger partial charge on any atom is 0.102 e. The molecule has 0 aliphatic carbocycles. The third kappa shape index (κ3) is 2.31. The van der Waals surface area contributed by atoms with Crippen LogP contribution in [0, 0.1) is 0 Å². The smallest absolute Gasteiger partial charge is 0.102 e. The summed E-state index contributed by atoms with van der Waals surface area (Å²) in [6.07, 6.45) is 3.67. The monoisotopic (exact) mass is 144 g/mol. The zero-order valence-electron chi connectivity index (χ0n) is 5.89. The van der Waals surface area contributed by atoms with Gasteiger partial charge in [-0.15, -0.1) is 11.8 Å². The Hall–Kier alpha value is -0.110. The third-order valence-corrected chi connectivity index (χ3v) is 2.65. The van der Waals surface area contributed by atoms with Crippen LogP contribution in [0.2, 0.25) is 0 Å². The van der Waals surface area contributed by atoms with Crippen molar-refractivity contribution in [3.63, 3.8) is 0 Å². The lowest BCUT2D eigenvalue weighted by Crippen LogP contribution is -2.09. The van der Waals surface area contributed by atoms with Crippen molar-refractivity contribution in [2.24, 2.45) is 0 Å². The van der Waals surface area contributed by atoms with Crippen LogP contribution in [-0.4, -0.2) is 17.1 Å². The molecule has 52 valence electrons. The molecule has 1 atom stereocenters. The molecule has 0 aromatic rings. The molecule has 0 radical (unpaired) electrons. The highest BCUT2D eigenvalue weighted by molar-refractivity contribution is 8.07. The van der Waals surface area contributed by atoms with Gasteiger partial charge in [0.1, 0.15) is 6.61 Å². The van der Waals surface area contributed by atoms with Crippen LogP contribution in [0.15, 0.2) is 12.3 Å². The number of hydrogen-bond acceptors (Lipinski definition) is 2. The fourth-order valence-corrected chi connectivity index (χ4v) is 1.01. The molecule has 1 rings (SSSR count). The maximum atomic E-state index is 5.21. The molecule has 1 aliphatic heterocycles. The normalized spacial score (nSPS) is 33.1. The molecule has 9 heavy (non-hydrogen) atoms. The summed E-state index contributed by atoms with van der Waals surface area (Å²) in [4.78, 5) is 0. The van der Waals surface area contributed by atoms with Crippen molar-refractivity contribution >= 4 is 11.8 Å².